The molecule has 140 valence electrons. The molecule has 5 heteroatoms. The van der Waals surface area contributed by atoms with Crippen molar-refractivity contribution >= 4 is 5.96 Å². The number of ether oxygens (including phenoxy) is 2. The topological polar surface area (TPSA) is 54.9 Å². The number of aliphatic imine (C=N–C) groups is 1. The standard InChI is InChI=1S/C21H29N3O2/c1-3-25-17-19-12-10-18(11-13-19)16-24-21(22-2)23-14-7-15-26-20-8-5-4-6-9-20/h4-6,8-13H,3,7,14-17H2,1-2H3,(H2,22,23,24). The Balaban J connectivity index is 1.63. The highest BCUT2D eigenvalue weighted by Crippen LogP contribution is 2.08. The second-order valence-electron chi connectivity index (χ2n) is 5.82. The van der Waals surface area contributed by atoms with Crippen LogP contribution in [0.5, 0.6) is 5.75 Å². The molecule has 0 fully saturated rings. The highest BCUT2D eigenvalue weighted by atomic mass is 16.5. The molecule has 0 bridgehead atoms. The molecule has 5 nitrogen and oxygen atoms in total. The molecule has 2 N–H and O–H groups in total. The van der Waals surface area contributed by atoms with Gasteiger partial charge in [-0.25, -0.2) is 0 Å². The summed E-state index contributed by atoms with van der Waals surface area (Å²) in [4.78, 5) is 4.25. The molecule has 2 aromatic rings. The van der Waals surface area contributed by atoms with Gasteiger partial charge in [-0.3, -0.25) is 4.99 Å². The van der Waals surface area contributed by atoms with Gasteiger partial charge >= 0.3 is 0 Å². The fourth-order valence-corrected chi connectivity index (χ4v) is 2.37. The van der Waals surface area contributed by atoms with Crippen LogP contribution in [0.25, 0.3) is 0 Å². The first-order valence-corrected chi connectivity index (χ1v) is 9.09. The largest absolute Gasteiger partial charge is 0.494 e. The molecule has 0 amide bonds. The van der Waals surface area contributed by atoms with E-state index in [1.165, 1.54) is 11.1 Å². The lowest BCUT2D eigenvalue weighted by Gasteiger charge is -2.12. The van der Waals surface area contributed by atoms with E-state index in [1.54, 1.807) is 7.05 Å². The molecular weight excluding hydrogens is 326 g/mol. The predicted octanol–water partition coefficient (Wildman–Crippen LogP) is 3.36. The monoisotopic (exact) mass is 355 g/mol. The van der Waals surface area contributed by atoms with Gasteiger partial charge in [-0.2, -0.15) is 0 Å². The summed E-state index contributed by atoms with van der Waals surface area (Å²) in [5, 5.41) is 6.63. The van der Waals surface area contributed by atoms with Crippen LogP contribution < -0.4 is 15.4 Å². The Morgan fingerprint density at radius 1 is 0.962 bits per heavy atom. The maximum absolute atomic E-state index is 5.68. The molecule has 0 saturated heterocycles. The first kappa shape index (κ1) is 19.8. The van der Waals surface area contributed by atoms with Gasteiger partial charge in [-0.15, -0.1) is 0 Å². The summed E-state index contributed by atoms with van der Waals surface area (Å²) >= 11 is 0. The fraction of sp³-hybridized carbons (Fsp3) is 0.381. The molecule has 2 rings (SSSR count). The van der Waals surface area contributed by atoms with Crippen LogP contribution in [-0.4, -0.2) is 32.8 Å². The predicted molar refractivity (Wildman–Crippen MR) is 107 cm³/mol. The number of guanidine groups is 1. The molecule has 0 saturated carbocycles. The lowest BCUT2D eigenvalue weighted by molar-refractivity contribution is 0.134. The van der Waals surface area contributed by atoms with Crippen molar-refractivity contribution in [1.29, 1.82) is 0 Å². The number of nitrogens with zero attached hydrogens (tertiary/aromatic N) is 1. The third-order valence-corrected chi connectivity index (χ3v) is 3.80. The van der Waals surface area contributed by atoms with E-state index >= 15 is 0 Å². The van der Waals surface area contributed by atoms with Gasteiger partial charge in [0.1, 0.15) is 5.75 Å². The second-order valence-corrected chi connectivity index (χ2v) is 5.82. The van der Waals surface area contributed by atoms with E-state index in [4.69, 9.17) is 9.47 Å². The van der Waals surface area contributed by atoms with Gasteiger partial charge in [0, 0.05) is 26.7 Å². The molecule has 0 radical (unpaired) electrons. The van der Waals surface area contributed by atoms with Crippen molar-refractivity contribution in [2.75, 3.05) is 26.8 Å². The quantitative estimate of drug-likeness (QED) is 0.390. The maximum atomic E-state index is 5.68. The zero-order valence-corrected chi connectivity index (χ0v) is 15.7. The average Bonchev–Trinajstić information content (AvgIpc) is 2.70. The molecule has 0 spiro atoms. The lowest BCUT2D eigenvalue weighted by atomic mass is 10.1. The van der Waals surface area contributed by atoms with E-state index in [9.17, 15) is 0 Å². The van der Waals surface area contributed by atoms with Crippen molar-refractivity contribution < 1.29 is 9.47 Å². The Morgan fingerprint density at radius 2 is 1.69 bits per heavy atom. The van der Waals surface area contributed by atoms with E-state index in [0.717, 1.165) is 37.8 Å². The number of nitrogens with one attached hydrogen (secondary N) is 2. The summed E-state index contributed by atoms with van der Waals surface area (Å²) in [7, 11) is 1.78. The Kier molecular flexibility index (Phi) is 9.08. The molecule has 26 heavy (non-hydrogen) atoms. The van der Waals surface area contributed by atoms with Gasteiger partial charge in [0.2, 0.25) is 0 Å². The van der Waals surface area contributed by atoms with E-state index in [2.05, 4.69) is 39.9 Å². The highest BCUT2D eigenvalue weighted by molar-refractivity contribution is 5.79. The fourth-order valence-electron chi connectivity index (χ4n) is 2.37. The molecule has 0 atom stereocenters. The molecule has 0 aromatic heterocycles. The summed E-state index contributed by atoms with van der Waals surface area (Å²) in [6.07, 6.45) is 0.904. The highest BCUT2D eigenvalue weighted by Gasteiger charge is 1.99. The van der Waals surface area contributed by atoms with Crippen LogP contribution in [0.15, 0.2) is 59.6 Å². The second kappa shape index (κ2) is 11.9. The van der Waals surface area contributed by atoms with Crippen molar-refractivity contribution in [2.45, 2.75) is 26.5 Å². The van der Waals surface area contributed by atoms with E-state index in [0.29, 0.717) is 13.2 Å². The lowest BCUT2D eigenvalue weighted by Crippen LogP contribution is -2.37. The zero-order valence-electron chi connectivity index (χ0n) is 15.7. The molecule has 0 aliphatic carbocycles. The van der Waals surface area contributed by atoms with Gasteiger partial charge in [0.15, 0.2) is 5.96 Å². The van der Waals surface area contributed by atoms with E-state index < -0.39 is 0 Å². The smallest absolute Gasteiger partial charge is 0.191 e. The third kappa shape index (κ3) is 7.57. The van der Waals surface area contributed by atoms with E-state index in [-0.39, 0.29) is 0 Å². The van der Waals surface area contributed by atoms with Gasteiger partial charge in [-0.05, 0) is 36.6 Å². The van der Waals surface area contributed by atoms with Crippen molar-refractivity contribution in [3.8, 4) is 5.75 Å². The van der Waals surface area contributed by atoms with Crippen molar-refractivity contribution in [2.24, 2.45) is 4.99 Å². The number of hydrogen-bond acceptors (Lipinski definition) is 3. The van der Waals surface area contributed by atoms with Crippen LogP contribution in [-0.2, 0) is 17.9 Å². The van der Waals surface area contributed by atoms with Crippen molar-refractivity contribution in [1.82, 2.24) is 10.6 Å². The summed E-state index contributed by atoms with van der Waals surface area (Å²) in [5.74, 6) is 1.70. The Labute approximate surface area is 156 Å². The Hall–Kier alpha value is -2.53. The number of benzene rings is 2. The first-order valence-electron chi connectivity index (χ1n) is 9.09. The van der Waals surface area contributed by atoms with Crippen LogP contribution in [0, 0.1) is 0 Å². The SMILES string of the molecule is CCOCc1ccc(CNC(=NC)NCCCOc2ccccc2)cc1. The van der Waals surface area contributed by atoms with Crippen LogP contribution in [0.1, 0.15) is 24.5 Å². The minimum absolute atomic E-state index is 0.665. The number of rotatable bonds is 10. The zero-order chi connectivity index (χ0) is 18.5. The van der Waals surface area contributed by atoms with Gasteiger partial charge in [0.05, 0.1) is 13.2 Å². The van der Waals surface area contributed by atoms with Crippen LogP contribution in [0.4, 0.5) is 0 Å². The van der Waals surface area contributed by atoms with Crippen molar-refractivity contribution in [3.05, 3.63) is 65.7 Å². The molecule has 2 aromatic carbocycles. The summed E-state index contributed by atoms with van der Waals surface area (Å²) in [6, 6.07) is 18.3. The molecule has 0 aliphatic rings. The minimum Gasteiger partial charge on any atom is -0.494 e. The third-order valence-electron chi connectivity index (χ3n) is 3.80. The summed E-state index contributed by atoms with van der Waals surface area (Å²) in [5.41, 5.74) is 2.40. The Bertz CT molecular complexity index is 642. The minimum atomic E-state index is 0.665. The molecule has 0 unspecified atom stereocenters. The van der Waals surface area contributed by atoms with Crippen LogP contribution >= 0.6 is 0 Å². The molecule has 0 heterocycles. The van der Waals surface area contributed by atoms with Gasteiger partial charge in [-0.1, -0.05) is 42.5 Å². The van der Waals surface area contributed by atoms with E-state index in [1.807, 2.05) is 37.3 Å². The van der Waals surface area contributed by atoms with Gasteiger partial charge < -0.3 is 20.1 Å². The van der Waals surface area contributed by atoms with Crippen LogP contribution in [0.3, 0.4) is 0 Å². The molecule has 0 aliphatic heterocycles. The van der Waals surface area contributed by atoms with Gasteiger partial charge in [0.25, 0.3) is 0 Å². The summed E-state index contributed by atoms with van der Waals surface area (Å²) < 4.78 is 11.1. The maximum Gasteiger partial charge on any atom is 0.191 e. The average molecular weight is 355 g/mol. The normalized spacial score (nSPS) is 11.2. The van der Waals surface area contributed by atoms with Crippen molar-refractivity contribution in [3.63, 3.8) is 0 Å². The molecular formula is C21H29N3O2. The van der Waals surface area contributed by atoms with Crippen LogP contribution in [0.2, 0.25) is 0 Å². The Morgan fingerprint density at radius 3 is 2.38 bits per heavy atom. The number of hydrogen-bond donors (Lipinski definition) is 2. The summed E-state index contributed by atoms with van der Waals surface area (Å²) in [6.45, 7) is 5.62. The number of para-hydroxylation sites is 1. The first-order chi connectivity index (χ1) is 12.8.